The third-order valence-electron chi connectivity index (χ3n) is 5.13. The molecule has 0 bridgehead atoms. The van der Waals surface area contributed by atoms with Crippen molar-refractivity contribution in [1.29, 1.82) is 0 Å². The fraction of sp³-hybridized carbons (Fsp3) is 0.458. The van der Waals surface area contributed by atoms with E-state index in [0.717, 1.165) is 16.1 Å². The monoisotopic (exact) mass is 446 g/mol. The molecule has 2 atom stereocenters. The number of hydrogen-bond donors (Lipinski definition) is 1. The van der Waals surface area contributed by atoms with Gasteiger partial charge in [-0.25, -0.2) is 8.42 Å². The average molecular weight is 447 g/mol. The van der Waals surface area contributed by atoms with Crippen LogP contribution in [0.25, 0.3) is 0 Å². The molecule has 0 aliphatic heterocycles. The van der Waals surface area contributed by atoms with Gasteiger partial charge in [0.15, 0.2) is 0 Å². The number of amides is 1. The first-order valence-corrected chi connectivity index (χ1v) is 12.3. The molecule has 0 aliphatic rings. The Morgan fingerprint density at radius 1 is 1.03 bits per heavy atom. The van der Waals surface area contributed by atoms with E-state index in [1.807, 2.05) is 26.0 Å². The lowest BCUT2D eigenvalue weighted by molar-refractivity contribution is -0.122. The zero-order valence-electron chi connectivity index (χ0n) is 19.5. The van der Waals surface area contributed by atoms with E-state index in [2.05, 4.69) is 38.2 Å². The van der Waals surface area contributed by atoms with Crippen molar-refractivity contribution >= 4 is 21.6 Å². The molecule has 0 fully saturated rings. The van der Waals surface area contributed by atoms with Crippen LogP contribution in [0.5, 0.6) is 5.75 Å². The van der Waals surface area contributed by atoms with Crippen molar-refractivity contribution in [3.05, 3.63) is 59.7 Å². The largest absolute Gasteiger partial charge is 0.494 e. The molecule has 6 nitrogen and oxygen atoms in total. The second kappa shape index (κ2) is 9.73. The van der Waals surface area contributed by atoms with E-state index in [4.69, 9.17) is 4.74 Å². The molecular formula is C24H34N2O4S. The van der Waals surface area contributed by atoms with Gasteiger partial charge in [0.05, 0.1) is 24.6 Å². The summed E-state index contributed by atoms with van der Waals surface area (Å²) < 4.78 is 31.5. The quantitative estimate of drug-likeness (QED) is 0.651. The molecule has 0 saturated heterocycles. The van der Waals surface area contributed by atoms with Crippen LogP contribution >= 0.6 is 0 Å². The number of ether oxygens (including phenoxy) is 1. The summed E-state index contributed by atoms with van der Waals surface area (Å²) in [5.41, 5.74) is 2.63. The Labute approximate surface area is 186 Å². The molecular weight excluding hydrogens is 412 g/mol. The third kappa shape index (κ3) is 6.47. The van der Waals surface area contributed by atoms with Crippen molar-refractivity contribution in [1.82, 2.24) is 5.32 Å². The van der Waals surface area contributed by atoms with E-state index in [-0.39, 0.29) is 17.4 Å². The first-order chi connectivity index (χ1) is 14.3. The van der Waals surface area contributed by atoms with Gasteiger partial charge < -0.3 is 10.1 Å². The van der Waals surface area contributed by atoms with Gasteiger partial charge in [0, 0.05) is 0 Å². The van der Waals surface area contributed by atoms with Crippen LogP contribution in [0, 0.1) is 0 Å². The van der Waals surface area contributed by atoms with Crippen molar-refractivity contribution in [3.63, 3.8) is 0 Å². The van der Waals surface area contributed by atoms with Gasteiger partial charge in [-0.3, -0.25) is 9.10 Å². The zero-order chi connectivity index (χ0) is 23.4. The maximum atomic E-state index is 12.9. The molecule has 0 heterocycles. The van der Waals surface area contributed by atoms with Gasteiger partial charge in [0.1, 0.15) is 11.8 Å². The van der Waals surface area contributed by atoms with Crippen LogP contribution in [0.4, 0.5) is 5.69 Å². The Morgan fingerprint density at radius 3 is 2.03 bits per heavy atom. The summed E-state index contributed by atoms with van der Waals surface area (Å²) in [6.07, 6.45) is 1.10. The Bertz CT molecular complexity index is 978. The van der Waals surface area contributed by atoms with Crippen LogP contribution in [0.3, 0.4) is 0 Å². The summed E-state index contributed by atoms with van der Waals surface area (Å²) in [6, 6.07) is 13.6. The lowest BCUT2D eigenvalue weighted by Crippen LogP contribution is -2.48. The van der Waals surface area contributed by atoms with Crippen molar-refractivity contribution < 1.29 is 17.9 Å². The van der Waals surface area contributed by atoms with E-state index in [1.165, 1.54) is 5.56 Å². The molecule has 0 saturated carbocycles. The van der Waals surface area contributed by atoms with E-state index >= 15 is 0 Å². The predicted molar refractivity (Wildman–Crippen MR) is 126 cm³/mol. The highest BCUT2D eigenvalue weighted by Crippen LogP contribution is 2.26. The fourth-order valence-corrected chi connectivity index (χ4v) is 4.53. The van der Waals surface area contributed by atoms with Crippen LogP contribution in [0.15, 0.2) is 48.5 Å². The van der Waals surface area contributed by atoms with Gasteiger partial charge in [0.25, 0.3) is 0 Å². The summed E-state index contributed by atoms with van der Waals surface area (Å²) in [4.78, 5) is 12.9. The summed E-state index contributed by atoms with van der Waals surface area (Å²) >= 11 is 0. The third-order valence-corrected chi connectivity index (χ3v) is 6.37. The molecule has 2 rings (SSSR count). The first-order valence-electron chi connectivity index (χ1n) is 10.5. The minimum atomic E-state index is -3.68. The Kier molecular flexibility index (Phi) is 7.76. The van der Waals surface area contributed by atoms with Crippen LogP contribution < -0.4 is 14.4 Å². The van der Waals surface area contributed by atoms with Gasteiger partial charge in [-0.15, -0.1) is 0 Å². The summed E-state index contributed by atoms with van der Waals surface area (Å²) in [5.74, 6) is 0.274. The normalized spacial score (nSPS) is 13.9. The molecule has 1 N–H and O–H groups in total. The van der Waals surface area contributed by atoms with E-state index < -0.39 is 16.1 Å². The van der Waals surface area contributed by atoms with Crippen LogP contribution in [0.2, 0.25) is 0 Å². The van der Waals surface area contributed by atoms with Crippen molar-refractivity contribution in [3.8, 4) is 5.75 Å². The number of carbonyl (C=O) groups excluding carboxylic acids is 1. The topological polar surface area (TPSA) is 75.7 Å². The van der Waals surface area contributed by atoms with Crippen LogP contribution in [-0.2, 0) is 20.2 Å². The Balaban J connectivity index is 2.19. The number of hydrogen-bond acceptors (Lipinski definition) is 4. The number of rotatable bonds is 8. The van der Waals surface area contributed by atoms with Gasteiger partial charge in [-0.05, 0) is 61.6 Å². The minimum Gasteiger partial charge on any atom is -0.494 e. The number of carbonyl (C=O) groups is 1. The maximum absolute atomic E-state index is 12.9. The highest BCUT2D eigenvalue weighted by molar-refractivity contribution is 7.92. The number of nitrogens with one attached hydrogen (secondary N) is 1. The van der Waals surface area contributed by atoms with Crippen LogP contribution in [0.1, 0.15) is 58.7 Å². The average Bonchev–Trinajstić information content (AvgIpc) is 2.68. The number of nitrogens with zero attached hydrogens (tertiary/aromatic N) is 1. The molecule has 7 heteroatoms. The van der Waals surface area contributed by atoms with Gasteiger partial charge in [-0.2, -0.15) is 0 Å². The summed E-state index contributed by atoms with van der Waals surface area (Å²) in [7, 11) is -3.68. The smallest absolute Gasteiger partial charge is 0.244 e. The molecule has 2 aromatic rings. The van der Waals surface area contributed by atoms with Gasteiger partial charge in [0.2, 0.25) is 15.9 Å². The van der Waals surface area contributed by atoms with E-state index in [9.17, 15) is 13.2 Å². The van der Waals surface area contributed by atoms with Gasteiger partial charge >= 0.3 is 0 Å². The maximum Gasteiger partial charge on any atom is 0.244 e. The van der Waals surface area contributed by atoms with Gasteiger partial charge in [-0.1, -0.05) is 45.0 Å². The lowest BCUT2D eigenvalue weighted by Gasteiger charge is -2.29. The highest BCUT2D eigenvalue weighted by atomic mass is 32.2. The molecule has 1 amide bonds. The molecule has 170 valence electrons. The minimum absolute atomic E-state index is 0.0488. The van der Waals surface area contributed by atoms with Crippen LogP contribution in [-0.4, -0.2) is 33.2 Å². The second-order valence-electron chi connectivity index (χ2n) is 8.76. The van der Waals surface area contributed by atoms with Crippen molar-refractivity contribution in [2.75, 3.05) is 17.2 Å². The molecule has 0 aliphatic carbocycles. The first kappa shape index (κ1) is 24.7. The highest BCUT2D eigenvalue weighted by Gasteiger charge is 2.30. The lowest BCUT2D eigenvalue weighted by atomic mass is 9.86. The number of benzene rings is 2. The zero-order valence-corrected chi connectivity index (χ0v) is 20.3. The molecule has 31 heavy (non-hydrogen) atoms. The SMILES string of the molecule is CCOc1ccc(N([C@H](C)C(=O)N[C@H](C)c2ccc(C(C)(C)C)cc2)S(C)(=O)=O)cc1. The number of sulfonamides is 1. The Hall–Kier alpha value is -2.54. The fourth-order valence-electron chi connectivity index (χ4n) is 3.35. The summed E-state index contributed by atoms with van der Waals surface area (Å²) in [5, 5.41) is 2.94. The Morgan fingerprint density at radius 2 is 1.58 bits per heavy atom. The van der Waals surface area contributed by atoms with Crippen molar-refractivity contribution in [2.24, 2.45) is 0 Å². The molecule has 0 aromatic heterocycles. The molecule has 0 spiro atoms. The van der Waals surface area contributed by atoms with Crippen molar-refractivity contribution in [2.45, 2.75) is 59.0 Å². The molecule has 2 aromatic carbocycles. The number of anilines is 1. The predicted octanol–water partition coefficient (Wildman–Crippen LogP) is 4.41. The van der Waals surface area contributed by atoms with E-state index in [1.54, 1.807) is 31.2 Å². The summed E-state index contributed by atoms with van der Waals surface area (Å²) in [6.45, 7) is 12.3. The standard InChI is InChI=1S/C24H34N2O4S/c1-8-30-22-15-13-21(14-16-22)26(31(7,28)29)18(3)23(27)25-17(2)19-9-11-20(12-10-19)24(4,5)6/h9-18H,8H2,1-7H3,(H,25,27)/t17-,18-/m1/s1. The molecule has 0 radical (unpaired) electrons. The molecule has 0 unspecified atom stereocenters. The van der Waals surface area contributed by atoms with E-state index in [0.29, 0.717) is 18.0 Å². The second-order valence-corrected chi connectivity index (χ2v) is 10.6.